The number of rotatable bonds is 8. The van der Waals surface area contributed by atoms with Crippen LogP contribution in [-0.4, -0.2) is 77.0 Å². The molecule has 1 atom stereocenters. The predicted octanol–water partition coefficient (Wildman–Crippen LogP) is 4.67. The first-order valence-electron chi connectivity index (χ1n) is 15.2. The predicted molar refractivity (Wildman–Crippen MR) is 166 cm³/mol. The summed E-state index contributed by atoms with van der Waals surface area (Å²) in [6.45, 7) is 3.79. The number of alkyl halides is 2. The van der Waals surface area contributed by atoms with Gasteiger partial charge in [-0.3, -0.25) is 9.52 Å². The molecule has 0 radical (unpaired) electrons. The SMILES string of the molecule is C[C@@H](CO)S(=O)(=O)Nc1ccc(C(=O)Nc2cc3c(c(N4CCC(F)(F)CC4)c2)N(C)CC3)c(N2CCC3(CC2)CC3)c1. The Balaban J connectivity index is 1.29. The number of hydrogen-bond donors (Lipinski definition) is 3. The molecule has 12 heteroatoms. The smallest absolute Gasteiger partial charge is 0.257 e. The average Bonchev–Trinajstić information content (AvgIpc) is 3.62. The fourth-order valence-corrected chi connectivity index (χ4v) is 7.46. The first kappa shape index (κ1) is 29.9. The number of aliphatic hydroxyl groups excluding tert-OH is 1. The molecule has 3 aliphatic heterocycles. The standard InChI is InChI=1S/C31H41F2N5O4S/c1-21(20-39)43(41,42)35-23-3-4-25(26(18-23)37-13-8-30(6-7-30)9-14-37)29(40)34-24-17-22-5-12-36(2)28(22)27(19-24)38-15-10-31(32,33)11-16-38/h3-4,17-19,21,35,39H,5-16,20H2,1-2H3,(H,34,40)/t21-/m0/s1. The monoisotopic (exact) mass is 617 g/mol. The third-order valence-electron chi connectivity index (χ3n) is 9.77. The second-order valence-corrected chi connectivity index (χ2v) is 14.9. The van der Waals surface area contributed by atoms with Gasteiger partial charge in [0, 0.05) is 58.3 Å². The molecule has 0 aromatic heterocycles. The Bertz CT molecular complexity index is 1490. The van der Waals surface area contributed by atoms with Gasteiger partial charge in [-0.2, -0.15) is 0 Å². The molecule has 6 rings (SSSR count). The van der Waals surface area contributed by atoms with E-state index in [2.05, 4.69) is 19.8 Å². The quantitative estimate of drug-likeness (QED) is 0.396. The van der Waals surface area contributed by atoms with Crippen LogP contribution in [-0.2, 0) is 16.4 Å². The number of carbonyl (C=O) groups excluding carboxylic acids is 1. The molecular weight excluding hydrogens is 576 g/mol. The highest BCUT2D eigenvalue weighted by Crippen LogP contribution is 2.54. The van der Waals surface area contributed by atoms with E-state index in [9.17, 15) is 27.1 Å². The van der Waals surface area contributed by atoms with E-state index in [0.29, 0.717) is 28.0 Å². The van der Waals surface area contributed by atoms with Crippen molar-refractivity contribution in [3.05, 3.63) is 41.5 Å². The number of nitrogens with one attached hydrogen (secondary N) is 2. The van der Waals surface area contributed by atoms with Crippen LogP contribution in [0, 0.1) is 5.41 Å². The second kappa shape index (κ2) is 11.1. The van der Waals surface area contributed by atoms with Crippen molar-refractivity contribution in [3.63, 3.8) is 0 Å². The third-order valence-corrected chi connectivity index (χ3v) is 11.5. The third kappa shape index (κ3) is 6.13. The first-order valence-corrected chi connectivity index (χ1v) is 16.8. The van der Waals surface area contributed by atoms with Gasteiger partial charge in [0.15, 0.2) is 0 Å². The van der Waals surface area contributed by atoms with Gasteiger partial charge in [0.2, 0.25) is 10.0 Å². The fraction of sp³-hybridized carbons (Fsp3) is 0.581. The summed E-state index contributed by atoms with van der Waals surface area (Å²) < 4.78 is 55.8. The topological polar surface area (TPSA) is 105 Å². The van der Waals surface area contributed by atoms with Crippen LogP contribution in [0.2, 0.25) is 0 Å². The van der Waals surface area contributed by atoms with E-state index in [1.54, 1.807) is 18.2 Å². The molecule has 3 heterocycles. The summed E-state index contributed by atoms with van der Waals surface area (Å²) >= 11 is 0. The first-order chi connectivity index (χ1) is 20.4. The molecule has 1 amide bonds. The summed E-state index contributed by atoms with van der Waals surface area (Å²) in [7, 11) is -1.81. The van der Waals surface area contributed by atoms with Crippen LogP contribution in [0.15, 0.2) is 30.3 Å². The molecule has 0 unspecified atom stereocenters. The van der Waals surface area contributed by atoms with Gasteiger partial charge in [-0.25, -0.2) is 17.2 Å². The lowest BCUT2D eigenvalue weighted by atomic mass is 9.93. The molecule has 3 fully saturated rings. The summed E-state index contributed by atoms with van der Waals surface area (Å²) in [5, 5.41) is 11.5. The average molecular weight is 618 g/mol. The van der Waals surface area contributed by atoms with Gasteiger partial charge in [-0.1, -0.05) is 0 Å². The molecule has 9 nitrogen and oxygen atoms in total. The van der Waals surface area contributed by atoms with E-state index in [1.165, 1.54) is 19.8 Å². The number of fused-ring (bicyclic) bond motifs is 1. The number of sulfonamides is 1. The highest BCUT2D eigenvalue weighted by atomic mass is 32.2. The number of nitrogens with zero attached hydrogens (tertiary/aromatic N) is 3. The number of benzene rings is 2. The van der Waals surface area contributed by atoms with Crippen molar-refractivity contribution < 1.29 is 27.1 Å². The van der Waals surface area contributed by atoms with Gasteiger partial charge in [0.1, 0.15) is 5.25 Å². The minimum Gasteiger partial charge on any atom is -0.395 e. The van der Waals surface area contributed by atoms with Crippen molar-refractivity contribution in [2.75, 3.05) is 71.1 Å². The van der Waals surface area contributed by atoms with Crippen molar-refractivity contribution >= 4 is 44.4 Å². The van der Waals surface area contributed by atoms with E-state index in [1.807, 2.05) is 24.1 Å². The number of piperidine rings is 2. The van der Waals surface area contributed by atoms with Gasteiger partial charge >= 0.3 is 0 Å². The summed E-state index contributed by atoms with van der Waals surface area (Å²) in [5.74, 6) is -2.97. The Morgan fingerprint density at radius 3 is 2.21 bits per heavy atom. The zero-order chi connectivity index (χ0) is 30.6. The van der Waals surface area contributed by atoms with E-state index in [0.717, 1.165) is 55.8 Å². The van der Waals surface area contributed by atoms with Crippen LogP contribution in [0.25, 0.3) is 0 Å². The molecule has 4 aliphatic rings. The maximum atomic E-state index is 14.0. The zero-order valence-electron chi connectivity index (χ0n) is 24.8. The summed E-state index contributed by atoms with van der Waals surface area (Å²) in [4.78, 5) is 20.2. The van der Waals surface area contributed by atoms with E-state index in [-0.39, 0.29) is 31.8 Å². The Kier molecular flexibility index (Phi) is 7.73. The lowest BCUT2D eigenvalue weighted by Gasteiger charge is -2.36. The van der Waals surface area contributed by atoms with Crippen LogP contribution in [0.4, 0.5) is 37.2 Å². The molecule has 234 valence electrons. The molecule has 2 saturated heterocycles. The van der Waals surface area contributed by atoms with Gasteiger partial charge in [-0.05, 0) is 80.3 Å². The van der Waals surface area contributed by atoms with Crippen molar-refractivity contribution in [1.29, 1.82) is 0 Å². The zero-order valence-corrected chi connectivity index (χ0v) is 25.7. The molecule has 2 aromatic carbocycles. The van der Waals surface area contributed by atoms with Crippen molar-refractivity contribution in [1.82, 2.24) is 0 Å². The highest BCUT2D eigenvalue weighted by Gasteiger charge is 2.45. The lowest BCUT2D eigenvalue weighted by Crippen LogP contribution is -2.40. The lowest BCUT2D eigenvalue weighted by molar-refractivity contribution is -0.0220. The van der Waals surface area contributed by atoms with Gasteiger partial charge in [0.25, 0.3) is 11.8 Å². The molecule has 1 aliphatic carbocycles. The minimum atomic E-state index is -3.81. The molecular formula is C31H41F2N5O4S. The maximum Gasteiger partial charge on any atom is 0.257 e. The molecule has 2 aromatic rings. The molecule has 1 spiro atoms. The van der Waals surface area contributed by atoms with Crippen molar-refractivity contribution in [2.24, 2.45) is 5.41 Å². The normalized spacial score (nSPS) is 21.5. The van der Waals surface area contributed by atoms with E-state index < -0.39 is 27.8 Å². The number of carbonyl (C=O) groups is 1. The Morgan fingerprint density at radius 1 is 0.930 bits per heavy atom. The maximum absolute atomic E-state index is 14.0. The number of halogens is 2. The Morgan fingerprint density at radius 2 is 1.56 bits per heavy atom. The van der Waals surface area contributed by atoms with Crippen LogP contribution < -0.4 is 24.7 Å². The van der Waals surface area contributed by atoms with Gasteiger partial charge in [0.05, 0.1) is 34.9 Å². The van der Waals surface area contributed by atoms with Crippen LogP contribution in [0.5, 0.6) is 0 Å². The number of aliphatic hydroxyl groups is 1. The van der Waals surface area contributed by atoms with E-state index >= 15 is 0 Å². The van der Waals surface area contributed by atoms with Crippen LogP contribution >= 0.6 is 0 Å². The Labute approximate surface area is 252 Å². The number of hydrogen-bond acceptors (Lipinski definition) is 7. The molecule has 1 saturated carbocycles. The summed E-state index contributed by atoms with van der Waals surface area (Å²) in [6.07, 6.45) is 4.93. The Hall–Kier alpha value is -3.12. The van der Waals surface area contributed by atoms with Crippen molar-refractivity contribution in [2.45, 2.75) is 63.0 Å². The molecule has 43 heavy (non-hydrogen) atoms. The highest BCUT2D eigenvalue weighted by molar-refractivity contribution is 7.93. The molecule has 0 bridgehead atoms. The van der Waals surface area contributed by atoms with Gasteiger partial charge < -0.3 is 25.1 Å². The number of likely N-dealkylation sites (N-methyl/N-ethyl adjacent to an activating group) is 1. The molecule has 3 N–H and O–H groups in total. The fourth-order valence-electron chi connectivity index (χ4n) is 6.61. The number of amides is 1. The largest absolute Gasteiger partial charge is 0.395 e. The van der Waals surface area contributed by atoms with Crippen molar-refractivity contribution in [3.8, 4) is 0 Å². The van der Waals surface area contributed by atoms with Gasteiger partial charge in [-0.15, -0.1) is 0 Å². The summed E-state index contributed by atoms with van der Waals surface area (Å²) in [6, 6.07) is 8.78. The van der Waals surface area contributed by atoms with Crippen LogP contribution in [0.1, 0.15) is 61.4 Å². The second-order valence-electron chi connectivity index (χ2n) is 12.8. The summed E-state index contributed by atoms with van der Waals surface area (Å²) in [5.41, 5.74) is 5.41. The number of anilines is 5. The minimum absolute atomic E-state index is 0.199. The van der Waals surface area contributed by atoms with E-state index in [4.69, 9.17) is 0 Å². The van der Waals surface area contributed by atoms with Crippen LogP contribution in [0.3, 0.4) is 0 Å².